The Morgan fingerprint density at radius 3 is 2.27 bits per heavy atom. The Labute approximate surface area is 215 Å². The molecule has 0 fully saturated rings. The molecule has 0 aliphatic carbocycles. The number of fused-ring (bicyclic) bond motifs is 1. The number of amides is 1. The van der Waals surface area contributed by atoms with E-state index in [2.05, 4.69) is 10.5 Å². The summed E-state index contributed by atoms with van der Waals surface area (Å²) in [6.07, 6.45) is 1.69. The van der Waals surface area contributed by atoms with Crippen LogP contribution in [0.25, 0.3) is 10.8 Å². The van der Waals surface area contributed by atoms with Crippen LogP contribution < -0.4 is 19.6 Å². The molecule has 0 saturated carbocycles. The van der Waals surface area contributed by atoms with Gasteiger partial charge in [0.25, 0.3) is 5.91 Å². The Hall–Kier alpha value is -4.65. The fourth-order valence-electron chi connectivity index (χ4n) is 3.45. The summed E-state index contributed by atoms with van der Waals surface area (Å²) in [6, 6.07) is 27.2. The van der Waals surface area contributed by atoms with Crippen molar-refractivity contribution in [3.05, 3.63) is 102 Å². The number of carbonyl (C=O) groups excluding carboxylic acids is 2. The molecule has 1 N–H and O–H groups in total. The number of hydrazone groups is 1. The molecule has 4 aromatic carbocycles. The van der Waals surface area contributed by atoms with E-state index in [1.807, 2.05) is 49.4 Å². The zero-order chi connectivity index (χ0) is 26.0. The summed E-state index contributed by atoms with van der Waals surface area (Å²) in [6.45, 7) is 4.32. The van der Waals surface area contributed by atoms with Gasteiger partial charge in [-0.15, -0.1) is 0 Å². The van der Waals surface area contributed by atoms with Crippen LogP contribution in [0.15, 0.2) is 96.1 Å². The van der Waals surface area contributed by atoms with Gasteiger partial charge in [0, 0.05) is 0 Å². The number of benzene rings is 4. The van der Waals surface area contributed by atoms with Gasteiger partial charge in [0.1, 0.15) is 17.2 Å². The third kappa shape index (κ3) is 7.18. The fourth-order valence-corrected chi connectivity index (χ4v) is 3.45. The quantitative estimate of drug-likeness (QED) is 0.130. The molecule has 188 valence electrons. The zero-order valence-corrected chi connectivity index (χ0v) is 20.7. The van der Waals surface area contributed by atoms with Crippen LogP contribution in [0.3, 0.4) is 0 Å². The molecule has 37 heavy (non-hydrogen) atoms. The molecule has 0 saturated heterocycles. The molecule has 0 aromatic heterocycles. The minimum absolute atomic E-state index is 0.374. The average Bonchev–Trinajstić information content (AvgIpc) is 2.93. The van der Waals surface area contributed by atoms with Crippen molar-refractivity contribution >= 4 is 28.9 Å². The van der Waals surface area contributed by atoms with Gasteiger partial charge in [-0.05, 0) is 90.3 Å². The molecule has 0 radical (unpaired) electrons. The molecule has 7 heteroatoms. The largest absolute Gasteiger partial charge is 0.494 e. The Morgan fingerprint density at radius 2 is 1.54 bits per heavy atom. The fraction of sp³-hybridized carbons (Fsp3) is 0.167. The van der Waals surface area contributed by atoms with Crippen LogP contribution in [0.4, 0.5) is 0 Å². The first-order chi connectivity index (χ1) is 18.0. The van der Waals surface area contributed by atoms with Crippen LogP contribution in [0.1, 0.15) is 36.2 Å². The average molecular weight is 497 g/mol. The van der Waals surface area contributed by atoms with Gasteiger partial charge in [0.05, 0.1) is 18.4 Å². The molecule has 4 aromatic rings. The second-order valence-electron chi connectivity index (χ2n) is 8.33. The number of ether oxygens (including phenoxy) is 3. The smallest absolute Gasteiger partial charge is 0.343 e. The van der Waals surface area contributed by atoms with Crippen molar-refractivity contribution in [2.75, 3.05) is 6.61 Å². The van der Waals surface area contributed by atoms with Crippen molar-refractivity contribution in [3.8, 4) is 17.2 Å². The van der Waals surface area contributed by atoms with Crippen molar-refractivity contribution in [2.24, 2.45) is 5.10 Å². The molecule has 1 amide bonds. The molecule has 4 rings (SSSR count). The number of rotatable bonds is 10. The van der Waals surface area contributed by atoms with Crippen molar-refractivity contribution in [2.45, 2.75) is 26.4 Å². The monoisotopic (exact) mass is 496 g/mol. The maximum Gasteiger partial charge on any atom is 0.343 e. The van der Waals surface area contributed by atoms with Crippen molar-refractivity contribution < 1.29 is 23.8 Å². The lowest BCUT2D eigenvalue weighted by Crippen LogP contribution is -2.33. The lowest BCUT2D eigenvalue weighted by atomic mass is 10.1. The third-order valence-corrected chi connectivity index (χ3v) is 5.44. The number of carbonyl (C=O) groups is 2. The van der Waals surface area contributed by atoms with Crippen LogP contribution >= 0.6 is 0 Å². The summed E-state index contributed by atoms with van der Waals surface area (Å²) in [7, 11) is 0. The van der Waals surface area contributed by atoms with Gasteiger partial charge < -0.3 is 14.2 Å². The Bertz CT molecular complexity index is 1380. The molecular formula is C30H28N2O5. The van der Waals surface area contributed by atoms with Crippen LogP contribution in [0.2, 0.25) is 0 Å². The molecule has 0 spiro atoms. The molecule has 1 unspecified atom stereocenters. The van der Waals surface area contributed by atoms with E-state index in [9.17, 15) is 9.59 Å². The van der Waals surface area contributed by atoms with Gasteiger partial charge in [-0.3, -0.25) is 4.79 Å². The first kappa shape index (κ1) is 25.4. The summed E-state index contributed by atoms with van der Waals surface area (Å²) >= 11 is 0. The summed E-state index contributed by atoms with van der Waals surface area (Å²) in [5, 5.41) is 6.14. The highest BCUT2D eigenvalue weighted by Gasteiger charge is 2.14. The van der Waals surface area contributed by atoms with E-state index in [1.54, 1.807) is 55.5 Å². The molecule has 0 heterocycles. The maximum atomic E-state index is 12.4. The number of hydrogen-bond donors (Lipinski definition) is 1. The summed E-state index contributed by atoms with van der Waals surface area (Å²) in [5.41, 5.74) is 3.63. The number of nitrogens with zero attached hydrogens (tertiary/aromatic N) is 1. The van der Waals surface area contributed by atoms with Crippen LogP contribution in [0.5, 0.6) is 17.2 Å². The van der Waals surface area contributed by atoms with Crippen LogP contribution in [-0.4, -0.2) is 30.8 Å². The van der Waals surface area contributed by atoms with E-state index in [-0.39, 0.29) is 5.91 Å². The minimum Gasteiger partial charge on any atom is -0.494 e. The SMILES string of the molecule is CCCOc1ccc(C(=O)Oc2ccc(/C=N/NC(=O)C(C)Oc3ccc4ccccc4c3)cc2)cc1. The number of nitrogens with one attached hydrogen (secondary N) is 1. The highest BCUT2D eigenvalue weighted by Crippen LogP contribution is 2.21. The minimum atomic E-state index is -0.729. The lowest BCUT2D eigenvalue weighted by Gasteiger charge is -2.13. The van der Waals surface area contributed by atoms with Gasteiger partial charge >= 0.3 is 5.97 Å². The zero-order valence-electron chi connectivity index (χ0n) is 20.7. The molecule has 0 bridgehead atoms. The summed E-state index contributed by atoms with van der Waals surface area (Å²) in [5.74, 6) is 0.882. The Balaban J connectivity index is 1.26. The van der Waals surface area contributed by atoms with E-state index < -0.39 is 12.1 Å². The topological polar surface area (TPSA) is 86.2 Å². The molecule has 7 nitrogen and oxygen atoms in total. The first-order valence-corrected chi connectivity index (χ1v) is 12.1. The molecular weight excluding hydrogens is 468 g/mol. The first-order valence-electron chi connectivity index (χ1n) is 12.1. The van der Waals surface area contributed by atoms with E-state index in [4.69, 9.17) is 14.2 Å². The highest BCUT2D eigenvalue weighted by molar-refractivity contribution is 5.91. The van der Waals surface area contributed by atoms with Crippen LogP contribution in [-0.2, 0) is 4.79 Å². The van der Waals surface area contributed by atoms with Crippen molar-refractivity contribution in [3.63, 3.8) is 0 Å². The number of esters is 1. The highest BCUT2D eigenvalue weighted by atomic mass is 16.5. The van der Waals surface area contributed by atoms with Gasteiger partial charge in [-0.1, -0.05) is 37.3 Å². The maximum absolute atomic E-state index is 12.4. The molecule has 0 aliphatic rings. The Kier molecular flexibility index (Phi) is 8.49. The van der Waals surface area contributed by atoms with Crippen molar-refractivity contribution in [1.29, 1.82) is 0 Å². The van der Waals surface area contributed by atoms with E-state index in [1.165, 1.54) is 6.21 Å². The lowest BCUT2D eigenvalue weighted by molar-refractivity contribution is -0.127. The van der Waals surface area contributed by atoms with E-state index >= 15 is 0 Å². The predicted molar refractivity (Wildman–Crippen MR) is 143 cm³/mol. The van der Waals surface area contributed by atoms with E-state index in [0.717, 1.165) is 22.8 Å². The van der Waals surface area contributed by atoms with Gasteiger partial charge in [-0.2, -0.15) is 5.10 Å². The second-order valence-corrected chi connectivity index (χ2v) is 8.33. The second kappa shape index (κ2) is 12.4. The summed E-state index contributed by atoms with van der Waals surface area (Å²) < 4.78 is 16.7. The third-order valence-electron chi connectivity index (χ3n) is 5.44. The summed E-state index contributed by atoms with van der Waals surface area (Å²) in [4.78, 5) is 24.8. The van der Waals surface area contributed by atoms with E-state index in [0.29, 0.717) is 29.4 Å². The number of hydrogen-bond acceptors (Lipinski definition) is 6. The van der Waals surface area contributed by atoms with Crippen LogP contribution in [0, 0.1) is 0 Å². The molecule has 0 aliphatic heterocycles. The molecule has 1 atom stereocenters. The van der Waals surface area contributed by atoms with Gasteiger partial charge in [-0.25, -0.2) is 10.2 Å². The van der Waals surface area contributed by atoms with Gasteiger partial charge in [0.2, 0.25) is 0 Å². The standard InChI is InChI=1S/C30H28N2O5/c1-3-18-35-26-15-11-24(12-16-26)30(34)37-27-13-8-22(9-14-27)20-31-32-29(33)21(2)36-28-17-10-23-6-4-5-7-25(23)19-28/h4-17,19-21H,3,18H2,1-2H3,(H,32,33)/b31-20+. The predicted octanol–water partition coefficient (Wildman–Crippen LogP) is 5.77. The van der Waals surface area contributed by atoms with Crippen molar-refractivity contribution in [1.82, 2.24) is 5.43 Å². The van der Waals surface area contributed by atoms with Gasteiger partial charge in [0.15, 0.2) is 6.10 Å². The Morgan fingerprint density at radius 1 is 0.865 bits per heavy atom. The normalized spacial score (nSPS) is 11.7.